The first-order chi connectivity index (χ1) is 12.1. The van der Waals surface area contributed by atoms with Crippen LogP contribution in [0.15, 0.2) is 34.6 Å². The fourth-order valence-electron chi connectivity index (χ4n) is 2.15. The van der Waals surface area contributed by atoms with Crippen molar-refractivity contribution in [1.29, 1.82) is 0 Å². The number of aromatic nitrogens is 1. The smallest absolute Gasteiger partial charge is 0.194 e. The minimum absolute atomic E-state index is 0. The largest absolute Gasteiger partial charge is 0.492 e. The molecule has 0 saturated heterocycles. The van der Waals surface area contributed by atoms with Crippen LogP contribution in [0.4, 0.5) is 4.39 Å². The number of ether oxygens (including phenoxy) is 1. The maximum atomic E-state index is 12.9. The fourth-order valence-corrected chi connectivity index (χ4v) is 2.88. The van der Waals surface area contributed by atoms with E-state index in [0.29, 0.717) is 25.4 Å². The monoisotopic (exact) mass is 492 g/mol. The third-order valence-corrected chi connectivity index (χ3v) is 4.54. The highest BCUT2D eigenvalue weighted by Gasteiger charge is 2.07. The number of benzene rings is 1. The number of hydrogen-bond donors (Lipinski definition) is 1. The molecule has 1 heterocycles. The van der Waals surface area contributed by atoms with Crippen molar-refractivity contribution in [3.8, 4) is 5.75 Å². The van der Waals surface area contributed by atoms with Gasteiger partial charge in [-0.05, 0) is 37.6 Å². The number of nitrogens with zero attached hydrogens (tertiary/aromatic N) is 3. The molecule has 0 aliphatic carbocycles. The van der Waals surface area contributed by atoms with E-state index >= 15 is 0 Å². The predicted molar refractivity (Wildman–Crippen MR) is 116 cm³/mol. The van der Waals surface area contributed by atoms with E-state index in [0.717, 1.165) is 29.6 Å². The first kappa shape index (κ1) is 22.6. The van der Waals surface area contributed by atoms with Gasteiger partial charge in [0.15, 0.2) is 5.96 Å². The van der Waals surface area contributed by atoms with Crippen molar-refractivity contribution >= 4 is 41.3 Å². The number of hydrogen-bond acceptors (Lipinski definition) is 4. The van der Waals surface area contributed by atoms with E-state index in [1.807, 2.05) is 18.9 Å². The summed E-state index contributed by atoms with van der Waals surface area (Å²) in [4.78, 5) is 11.2. The summed E-state index contributed by atoms with van der Waals surface area (Å²) in [7, 11) is 1.97. The third kappa shape index (κ3) is 7.45. The van der Waals surface area contributed by atoms with Crippen LogP contribution >= 0.6 is 35.3 Å². The number of rotatable bonds is 8. The molecule has 0 saturated carbocycles. The third-order valence-electron chi connectivity index (χ3n) is 3.50. The molecule has 0 radical (unpaired) electrons. The predicted octanol–water partition coefficient (Wildman–Crippen LogP) is 3.94. The Kier molecular flexibility index (Phi) is 10.5. The summed E-state index contributed by atoms with van der Waals surface area (Å²) in [5, 5.41) is 6.47. The minimum Gasteiger partial charge on any atom is -0.492 e. The summed E-state index contributed by atoms with van der Waals surface area (Å²) < 4.78 is 18.5. The molecule has 1 aromatic carbocycles. The van der Waals surface area contributed by atoms with Crippen molar-refractivity contribution in [2.24, 2.45) is 4.99 Å². The van der Waals surface area contributed by atoms with Crippen molar-refractivity contribution in [2.75, 3.05) is 26.7 Å². The van der Waals surface area contributed by atoms with E-state index < -0.39 is 0 Å². The van der Waals surface area contributed by atoms with Crippen LogP contribution in [0.1, 0.15) is 24.5 Å². The number of aliphatic imine (C=N–C) groups is 1. The van der Waals surface area contributed by atoms with Crippen molar-refractivity contribution in [3.63, 3.8) is 0 Å². The van der Waals surface area contributed by atoms with Gasteiger partial charge in [0.25, 0.3) is 0 Å². The summed E-state index contributed by atoms with van der Waals surface area (Å²) in [6.45, 7) is 6.65. The van der Waals surface area contributed by atoms with E-state index in [4.69, 9.17) is 4.74 Å². The highest BCUT2D eigenvalue weighted by atomic mass is 127. The molecule has 0 unspecified atom stereocenters. The zero-order valence-corrected chi connectivity index (χ0v) is 18.5. The second kappa shape index (κ2) is 12.1. The topological polar surface area (TPSA) is 49.8 Å². The van der Waals surface area contributed by atoms with Gasteiger partial charge in [-0.2, -0.15) is 0 Å². The van der Waals surface area contributed by atoms with Crippen LogP contribution < -0.4 is 10.1 Å². The Balaban J connectivity index is 0.00000338. The van der Waals surface area contributed by atoms with Gasteiger partial charge >= 0.3 is 0 Å². The van der Waals surface area contributed by atoms with Gasteiger partial charge in [0, 0.05) is 19.0 Å². The lowest BCUT2D eigenvalue weighted by Gasteiger charge is -2.22. The van der Waals surface area contributed by atoms with Crippen molar-refractivity contribution in [3.05, 3.63) is 46.2 Å². The summed E-state index contributed by atoms with van der Waals surface area (Å²) >= 11 is 1.67. The Hall–Kier alpha value is -1.42. The maximum absolute atomic E-state index is 12.9. The fraction of sp³-hybridized carbons (Fsp3) is 0.444. The summed E-state index contributed by atoms with van der Waals surface area (Å²) in [6.07, 6.45) is 0.953. The number of likely N-dealkylation sites (N-methyl/N-ethyl adjacent to an activating group) is 1. The molecule has 26 heavy (non-hydrogen) atoms. The lowest BCUT2D eigenvalue weighted by atomic mass is 10.3. The molecule has 0 spiro atoms. The Morgan fingerprint density at radius 3 is 2.65 bits per heavy atom. The molecule has 8 heteroatoms. The zero-order chi connectivity index (χ0) is 18.1. The molecule has 0 aliphatic rings. The molecule has 5 nitrogen and oxygen atoms in total. The quantitative estimate of drug-likeness (QED) is 0.345. The summed E-state index contributed by atoms with van der Waals surface area (Å²) in [5.74, 6) is 1.21. The number of halogens is 2. The molecule has 0 atom stereocenters. The molecule has 0 amide bonds. The van der Waals surface area contributed by atoms with Crippen molar-refractivity contribution < 1.29 is 9.13 Å². The number of guanidine groups is 1. The van der Waals surface area contributed by atoms with Crippen LogP contribution in [0.2, 0.25) is 0 Å². The number of nitrogens with one attached hydrogen (secondary N) is 1. The van der Waals surface area contributed by atoms with Crippen LogP contribution in [0, 0.1) is 5.82 Å². The molecule has 0 bridgehead atoms. The first-order valence-electron chi connectivity index (χ1n) is 8.43. The number of thiazole rings is 1. The van der Waals surface area contributed by atoms with Crippen LogP contribution in [0.25, 0.3) is 0 Å². The molecule has 2 aromatic rings. The van der Waals surface area contributed by atoms with Gasteiger partial charge in [-0.3, -0.25) is 0 Å². The van der Waals surface area contributed by atoms with Gasteiger partial charge in [0.2, 0.25) is 0 Å². The number of aryl methyl sites for hydroxylation is 1. The Bertz CT molecular complexity index is 678. The average molecular weight is 492 g/mol. The summed E-state index contributed by atoms with van der Waals surface area (Å²) in [6, 6.07) is 6.04. The van der Waals surface area contributed by atoms with Gasteiger partial charge in [-0.25, -0.2) is 14.4 Å². The molecular formula is C18H26FIN4OS. The highest BCUT2D eigenvalue weighted by molar-refractivity contribution is 14.0. The second-order valence-corrected chi connectivity index (χ2v) is 6.42. The Morgan fingerprint density at radius 2 is 2.04 bits per heavy atom. The SMILES string of the molecule is CCNC(=NCc1csc(CC)n1)N(C)CCOc1ccc(F)cc1.I. The van der Waals surface area contributed by atoms with Crippen LogP contribution in [-0.4, -0.2) is 42.6 Å². The average Bonchev–Trinajstić information content (AvgIpc) is 3.08. The molecule has 1 N–H and O–H groups in total. The van der Waals surface area contributed by atoms with Crippen LogP contribution in [0.5, 0.6) is 5.75 Å². The standard InChI is InChI=1S/C18H25FN4OS.HI/c1-4-17-22-15(13-25-17)12-21-18(20-5-2)23(3)10-11-24-16-8-6-14(19)7-9-16;/h6-9,13H,4-5,10-12H2,1-3H3,(H,20,21);1H. The van der Waals surface area contributed by atoms with E-state index in [-0.39, 0.29) is 29.8 Å². The molecule has 0 fully saturated rings. The van der Waals surface area contributed by atoms with Gasteiger partial charge in [0.1, 0.15) is 18.2 Å². The maximum Gasteiger partial charge on any atom is 0.194 e. The van der Waals surface area contributed by atoms with Crippen molar-refractivity contribution in [1.82, 2.24) is 15.2 Å². The van der Waals surface area contributed by atoms with Crippen LogP contribution in [0.3, 0.4) is 0 Å². The first-order valence-corrected chi connectivity index (χ1v) is 9.31. The zero-order valence-electron chi connectivity index (χ0n) is 15.4. The molecule has 0 aliphatic heterocycles. The highest BCUT2D eigenvalue weighted by Crippen LogP contribution is 2.12. The lowest BCUT2D eigenvalue weighted by molar-refractivity contribution is 0.281. The molecule has 2 rings (SSSR count). The van der Waals surface area contributed by atoms with Gasteiger partial charge in [0.05, 0.1) is 23.8 Å². The minimum atomic E-state index is -0.265. The Labute approximate surface area is 175 Å². The van der Waals surface area contributed by atoms with E-state index in [1.54, 1.807) is 23.5 Å². The molecule has 1 aromatic heterocycles. The second-order valence-electron chi connectivity index (χ2n) is 5.48. The van der Waals surface area contributed by atoms with Gasteiger partial charge in [-0.1, -0.05) is 6.92 Å². The van der Waals surface area contributed by atoms with E-state index in [2.05, 4.69) is 27.6 Å². The molecule has 144 valence electrons. The van der Waals surface area contributed by atoms with Crippen molar-refractivity contribution in [2.45, 2.75) is 26.8 Å². The van der Waals surface area contributed by atoms with E-state index in [9.17, 15) is 4.39 Å². The summed E-state index contributed by atoms with van der Waals surface area (Å²) in [5.41, 5.74) is 0.994. The van der Waals surface area contributed by atoms with Gasteiger partial charge in [-0.15, -0.1) is 35.3 Å². The Morgan fingerprint density at radius 1 is 1.31 bits per heavy atom. The normalized spacial score (nSPS) is 11.0. The lowest BCUT2D eigenvalue weighted by Crippen LogP contribution is -2.40. The van der Waals surface area contributed by atoms with E-state index in [1.165, 1.54) is 12.1 Å². The van der Waals surface area contributed by atoms with Crippen LogP contribution in [-0.2, 0) is 13.0 Å². The van der Waals surface area contributed by atoms with Gasteiger partial charge < -0.3 is 15.0 Å². The molecular weight excluding hydrogens is 466 g/mol.